The van der Waals surface area contributed by atoms with Crippen LogP contribution in [0.1, 0.15) is 47.5 Å². The van der Waals surface area contributed by atoms with Gasteiger partial charge in [-0.1, -0.05) is 30.3 Å². The second-order valence-electron chi connectivity index (χ2n) is 8.11. The third-order valence-electron chi connectivity index (χ3n) is 6.23. The summed E-state index contributed by atoms with van der Waals surface area (Å²) in [6, 6.07) is 16.1. The van der Waals surface area contributed by atoms with E-state index in [1.165, 1.54) is 29.8 Å². The molecule has 152 valence electrons. The van der Waals surface area contributed by atoms with E-state index in [1.54, 1.807) is 4.90 Å². The lowest BCUT2D eigenvalue weighted by atomic mass is 9.88. The number of rotatable bonds is 3. The van der Waals surface area contributed by atoms with Crippen LogP contribution >= 0.6 is 0 Å². The van der Waals surface area contributed by atoms with E-state index in [2.05, 4.69) is 24.3 Å². The molecule has 5 heteroatoms. The normalized spacial score (nSPS) is 20.5. The van der Waals surface area contributed by atoms with Gasteiger partial charge in [-0.05, 0) is 61.4 Å². The largest absolute Gasteiger partial charge is 0.342 e. The van der Waals surface area contributed by atoms with E-state index >= 15 is 0 Å². The monoisotopic (exact) mass is 394 g/mol. The van der Waals surface area contributed by atoms with E-state index in [4.69, 9.17) is 0 Å². The standard InChI is InChI=1S/C24H27FN2O2/c25-22-10-8-20(9-11-22)23(28)27-14-4-7-21(17-27)24(29)26-15-12-19(13-16-26)18-5-2-1-3-6-18/h1-3,5-6,8-11,19,21H,4,7,12-17H2. The average molecular weight is 394 g/mol. The number of amides is 2. The first-order valence-corrected chi connectivity index (χ1v) is 10.5. The summed E-state index contributed by atoms with van der Waals surface area (Å²) in [5, 5.41) is 0. The fraction of sp³-hybridized carbons (Fsp3) is 0.417. The molecule has 2 aliphatic heterocycles. The van der Waals surface area contributed by atoms with Crippen molar-refractivity contribution in [3.63, 3.8) is 0 Å². The minimum atomic E-state index is -0.354. The Balaban J connectivity index is 1.34. The zero-order valence-corrected chi connectivity index (χ0v) is 16.6. The first kappa shape index (κ1) is 19.6. The number of carbonyl (C=O) groups excluding carboxylic acids is 2. The molecule has 0 saturated carbocycles. The number of hydrogen-bond acceptors (Lipinski definition) is 2. The Morgan fingerprint density at radius 2 is 1.52 bits per heavy atom. The molecule has 2 aromatic rings. The molecule has 2 aliphatic rings. The first-order chi connectivity index (χ1) is 14.1. The van der Waals surface area contributed by atoms with Crippen molar-refractivity contribution in [2.45, 2.75) is 31.6 Å². The van der Waals surface area contributed by atoms with Crippen molar-refractivity contribution in [2.75, 3.05) is 26.2 Å². The minimum absolute atomic E-state index is 0.120. The van der Waals surface area contributed by atoms with E-state index < -0.39 is 0 Å². The fourth-order valence-corrected chi connectivity index (χ4v) is 4.55. The molecule has 0 spiro atoms. The van der Waals surface area contributed by atoms with Gasteiger partial charge < -0.3 is 9.80 Å². The van der Waals surface area contributed by atoms with Gasteiger partial charge >= 0.3 is 0 Å². The highest BCUT2D eigenvalue weighted by Crippen LogP contribution is 2.29. The summed E-state index contributed by atoms with van der Waals surface area (Å²) >= 11 is 0. The predicted molar refractivity (Wildman–Crippen MR) is 110 cm³/mol. The van der Waals surface area contributed by atoms with Gasteiger partial charge in [0.2, 0.25) is 5.91 Å². The molecule has 1 atom stereocenters. The van der Waals surface area contributed by atoms with Gasteiger partial charge in [0.1, 0.15) is 5.82 Å². The summed E-state index contributed by atoms with van der Waals surface area (Å²) < 4.78 is 13.1. The van der Waals surface area contributed by atoms with Crippen LogP contribution in [-0.2, 0) is 4.79 Å². The molecule has 4 rings (SSSR count). The third-order valence-corrected chi connectivity index (χ3v) is 6.23. The second-order valence-corrected chi connectivity index (χ2v) is 8.11. The molecule has 1 unspecified atom stereocenters. The zero-order valence-electron chi connectivity index (χ0n) is 16.6. The molecule has 2 aromatic carbocycles. The Morgan fingerprint density at radius 1 is 0.828 bits per heavy atom. The first-order valence-electron chi connectivity index (χ1n) is 10.5. The van der Waals surface area contributed by atoms with Crippen LogP contribution in [0.25, 0.3) is 0 Å². The Kier molecular flexibility index (Phi) is 5.93. The Morgan fingerprint density at radius 3 is 2.21 bits per heavy atom. The molecule has 2 fully saturated rings. The number of hydrogen-bond donors (Lipinski definition) is 0. The van der Waals surface area contributed by atoms with Crippen molar-refractivity contribution < 1.29 is 14.0 Å². The molecule has 2 saturated heterocycles. The summed E-state index contributed by atoms with van der Waals surface area (Å²) in [6.45, 7) is 2.66. The van der Waals surface area contributed by atoms with Gasteiger partial charge in [-0.2, -0.15) is 0 Å². The molecule has 0 aliphatic carbocycles. The summed E-state index contributed by atoms with van der Waals surface area (Å²) in [5.41, 5.74) is 1.83. The average Bonchev–Trinajstić information content (AvgIpc) is 2.79. The van der Waals surface area contributed by atoms with E-state index in [-0.39, 0.29) is 23.5 Å². The van der Waals surface area contributed by atoms with E-state index in [1.807, 2.05) is 11.0 Å². The maximum absolute atomic E-state index is 13.1. The van der Waals surface area contributed by atoms with Gasteiger partial charge in [-0.15, -0.1) is 0 Å². The van der Waals surface area contributed by atoms with Crippen molar-refractivity contribution in [1.29, 1.82) is 0 Å². The van der Waals surface area contributed by atoms with Crippen molar-refractivity contribution in [2.24, 2.45) is 5.92 Å². The van der Waals surface area contributed by atoms with Gasteiger partial charge in [0.15, 0.2) is 0 Å². The number of halogens is 1. The fourth-order valence-electron chi connectivity index (χ4n) is 4.55. The number of piperidine rings is 2. The molecule has 4 nitrogen and oxygen atoms in total. The van der Waals surface area contributed by atoms with Gasteiger partial charge in [0.25, 0.3) is 5.91 Å². The molecular formula is C24H27FN2O2. The Labute approximate surface area is 171 Å². The molecule has 0 aromatic heterocycles. The zero-order chi connectivity index (χ0) is 20.2. The Bertz CT molecular complexity index is 845. The third kappa shape index (κ3) is 4.50. The molecule has 0 radical (unpaired) electrons. The van der Waals surface area contributed by atoms with E-state index in [0.29, 0.717) is 24.6 Å². The van der Waals surface area contributed by atoms with Crippen molar-refractivity contribution >= 4 is 11.8 Å². The van der Waals surface area contributed by atoms with Crippen LogP contribution < -0.4 is 0 Å². The lowest BCUT2D eigenvalue weighted by molar-refractivity contribution is -0.138. The molecule has 29 heavy (non-hydrogen) atoms. The summed E-state index contributed by atoms with van der Waals surface area (Å²) in [7, 11) is 0. The van der Waals surface area contributed by atoms with Crippen LogP contribution in [0.5, 0.6) is 0 Å². The van der Waals surface area contributed by atoms with Gasteiger partial charge in [0.05, 0.1) is 5.92 Å². The van der Waals surface area contributed by atoms with Gasteiger partial charge in [-0.3, -0.25) is 9.59 Å². The SMILES string of the molecule is O=C(c1ccc(F)cc1)N1CCCC(C(=O)N2CCC(c3ccccc3)CC2)C1. The maximum Gasteiger partial charge on any atom is 0.253 e. The van der Waals surface area contributed by atoms with Gasteiger partial charge in [0, 0.05) is 31.7 Å². The quantitative estimate of drug-likeness (QED) is 0.787. The number of nitrogens with zero attached hydrogens (tertiary/aromatic N) is 2. The number of carbonyl (C=O) groups is 2. The van der Waals surface area contributed by atoms with Crippen molar-refractivity contribution in [1.82, 2.24) is 9.80 Å². The second kappa shape index (κ2) is 8.76. The predicted octanol–water partition coefficient (Wildman–Crippen LogP) is 4.08. The smallest absolute Gasteiger partial charge is 0.253 e. The highest BCUT2D eigenvalue weighted by molar-refractivity contribution is 5.94. The van der Waals surface area contributed by atoms with Crippen LogP contribution in [0.15, 0.2) is 54.6 Å². The summed E-state index contributed by atoms with van der Waals surface area (Å²) in [5.74, 6) is 0.0788. The highest BCUT2D eigenvalue weighted by atomic mass is 19.1. The van der Waals surface area contributed by atoms with Crippen molar-refractivity contribution in [3.05, 3.63) is 71.5 Å². The van der Waals surface area contributed by atoms with Crippen LogP contribution in [0.2, 0.25) is 0 Å². The topological polar surface area (TPSA) is 40.6 Å². The van der Waals surface area contributed by atoms with E-state index in [0.717, 1.165) is 38.8 Å². The maximum atomic E-state index is 13.1. The molecule has 0 bridgehead atoms. The highest BCUT2D eigenvalue weighted by Gasteiger charge is 2.33. The van der Waals surface area contributed by atoms with Crippen molar-refractivity contribution in [3.8, 4) is 0 Å². The summed E-state index contributed by atoms with van der Waals surface area (Å²) in [6.07, 6.45) is 3.62. The number of benzene rings is 2. The molecule has 2 heterocycles. The molecule has 0 N–H and O–H groups in total. The van der Waals surface area contributed by atoms with Gasteiger partial charge in [-0.25, -0.2) is 4.39 Å². The molecular weight excluding hydrogens is 367 g/mol. The molecule has 2 amide bonds. The van der Waals surface area contributed by atoms with Crippen LogP contribution in [0.4, 0.5) is 4.39 Å². The van der Waals surface area contributed by atoms with E-state index in [9.17, 15) is 14.0 Å². The summed E-state index contributed by atoms with van der Waals surface area (Å²) in [4.78, 5) is 29.5. The van der Waals surface area contributed by atoms with Crippen LogP contribution in [-0.4, -0.2) is 47.8 Å². The lowest BCUT2D eigenvalue weighted by Crippen LogP contribution is -2.48. The van der Waals surface area contributed by atoms with Crippen LogP contribution in [0, 0.1) is 11.7 Å². The van der Waals surface area contributed by atoms with Crippen LogP contribution in [0.3, 0.4) is 0 Å². The Hall–Kier alpha value is -2.69. The lowest BCUT2D eigenvalue weighted by Gasteiger charge is -2.38. The minimum Gasteiger partial charge on any atom is -0.342 e. The number of likely N-dealkylation sites (tertiary alicyclic amines) is 2.